The molecule has 16 heavy (non-hydrogen) atoms. The van der Waals surface area contributed by atoms with E-state index in [9.17, 15) is 4.79 Å². The van der Waals surface area contributed by atoms with Crippen LogP contribution in [0.2, 0.25) is 0 Å². The summed E-state index contributed by atoms with van der Waals surface area (Å²) >= 11 is 0. The molecule has 0 aromatic heterocycles. The van der Waals surface area contributed by atoms with Crippen LogP contribution in [0.25, 0.3) is 0 Å². The number of likely N-dealkylation sites (N-methyl/N-ethyl adjacent to an activating group) is 1. The number of hydrogen-bond acceptors (Lipinski definition) is 3. The molecule has 88 valence electrons. The number of amides is 1. The average Bonchev–Trinajstić information content (AvgIpc) is 2.26. The highest BCUT2D eigenvalue weighted by molar-refractivity contribution is 5.77. The third-order valence-electron chi connectivity index (χ3n) is 2.33. The molecule has 0 radical (unpaired) electrons. The molecule has 0 saturated carbocycles. The van der Waals surface area contributed by atoms with Crippen LogP contribution in [-0.2, 0) is 11.2 Å². The van der Waals surface area contributed by atoms with Crippen molar-refractivity contribution >= 4 is 11.6 Å². The van der Waals surface area contributed by atoms with Gasteiger partial charge in [0, 0.05) is 14.1 Å². The fourth-order valence-electron chi connectivity index (χ4n) is 1.22. The van der Waals surface area contributed by atoms with Crippen LogP contribution in [0.1, 0.15) is 12.5 Å². The van der Waals surface area contributed by atoms with Crippen molar-refractivity contribution in [1.82, 2.24) is 4.90 Å². The molecular weight excluding hydrogens is 204 g/mol. The van der Waals surface area contributed by atoms with Gasteiger partial charge in [0.15, 0.2) is 6.61 Å². The number of ether oxygens (including phenoxy) is 1. The van der Waals surface area contributed by atoms with Gasteiger partial charge < -0.3 is 15.4 Å². The Morgan fingerprint density at radius 2 is 2.12 bits per heavy atom. The summed E-state index contributed by atoms with van der Waals surface area (Å²) in [6.45, 7) is 2.08. The van der Waals surface area contributed by atoms with Crippen molar-refractivity contribution in [1.29, 1.82) is 0 Å². The highest BCUT2D eigenvalue weighted by atomic mass is 16.5. The first kappa shape index (κ1) is 12.4. The Balaban J connectivity index is 2.64. The lowest BCUT2D eigenvalue weighted by molar-refractivity contribution is -0.130. The highest BCUT2D eigenvalue weighted by Crippen LogP contribution is 2.22. The van der Waals surface area contributed by atoms with E-state index >= 15 is 0 Å². The SMILES string of the molecule is CCc1ccc(OCC(=O)N(C)C)c(N)c1. The zero-order valence-corrected chi connectivity index (χ0v) is 9.99. The first-order valence-corrected chi connectivity index (χ1v) is 5.26. The van der Waals surface area contributed by atoms with Crippen molar-refractivity contribution in [3.05, 3.63) is 23.8 Å². The molecule has 1 aromatic rings. The average molecular weight is 222 g/mol. The fraction of sp³-hybridized carbons (Fsp3) is 0.417. The Hall–Kier alpha value is -1.71. The van der Waals surface area contributed by atoms with Gasteiger partial charge in [0.05, 0.1) is 5.69 Å². The van der Waals surface area contributed by atoms with E-state index in [4.69, 9.17) is 10.5 Å². The summed E-state index contributed by atoms with van der Waals surface area (Å²) in [5, 5.41) is 0. The number of nitrogens with two attached hydrogens (primary N) is 1. The van der Waals surface area contributed by atoms with Crippen molar-refractivity contribution in [2.24, 2.45) is 0 Å². The molecule has 0 saturated heterocycles. The molecule has 1 aromatic carbocycles. The smallest absolute Gasteiger partial charge is 0.259 e. The normalized spacial score (nSPS) is 9.94. The lowest BCUT2D eigenvalue weighted by Gasteiger charge is -2.13. The van der Waals surface area contributed by atoms with E-state index in [0.29, 0.717) is 11.4 Å². The van der Waals surface area contributed by atoms with Crippen molar-refractivity contribution in [2.45, 2.75) is 13.3 Å². The van der Waals surface area contributed by atoms with Gasteiger partial charge in [-0.2, -0.15) is 0 Å². The Kier molecular flexibility index (Phi) is 4.17. The van der Waals surface area contributed by atoms with E-state index < -0.39 is 0 Å². The standard InChI is InChI=1S/C12H18N2O2/c1-4-9-5-6-11(10(13)7-9)16-8-12(15)14(2)3/h5-7H,4,8,13H2,1-3H3. The Bertz CT molecular complexity index is 375. The summed E-state index contributed by atoms with van der Waals surface area (Å²) in [6.07, 6.45) is 0.932. The molecule has 0 aliphatic carbocycles. The van der Waals surface area contributed by atoms with E-state index in [1.54, 1.807) is 20.2 Å². The van der Waals surface area contributed by atoms with Gasteiger partial charge >= 0.3 is 0 Å². The molecule has 0 atom stereocenters. The fourth-order valence-corrected chi connectivity index (χ4v) is 1.22. The van der Waals surface area contributed by atoms with Crippen LogP contribution in [0.3, 0.4) is 0 Å². The summed E-state index contributed by atoms with van der Waals surface area (Å²) in [4.78, 5) is 12.8. The summed E-state index contributed by atoms with van der Waals surface area (Å²) in [7, 11) is 3.38. The summed E-state index contributed by atoms with van der Waals surface area (Å²) in [5.74, 6) is 0.478. The zero-order valence-electron chi connectivity index (χ0n) is 9.99. The van der Waals surface area contributed by atoms with Gasteiger partial charge in [-0.05, 0) is 24.1 Å². The quantitative estimate of drug-likeness (QED) is 0.781. The predicted octanol–water partition coefficient (Wildman–Crippen LogP) is 1.30. The zero-order chi connectivity index (χ0) is 12.1. The van der Waals surface area contributed by atoms with Crippen molar-refractivity contribution in [3.8, 4) is 5.75 Å². The number of carbonyl (C=O) groups is 1. The molecular formula is C12H18N2O2. The van der Waals surface area contributed by atoms with Crippen molar-refractivity contribution < 1.29 is 9.53 Å². The maximum absolute atomic E-state index is 11.3. The van der Waals surface area contributed by atoms with Crippen molar-refractivity contribution in [2.75, 3.05) is 26.4 Å². The molecule has 1 rings (SSSR count). The van der Waals surface area contributed by atoms with E-state index in [-0.39, 0.29) is 12.5 Å². The van der Waals surface area contributed by atoms with E-state index in [2.05, 4.69) is 6.92 Å². The largest absolute Gasteiger partial charge is 0.482 e. The van der Waals surface area contributed by atoms with Crippen LogP contribution in [-0.4, -0.2) is 31.5 Å². The number of rotatable bonds is 4. The third-order valence-corrected chi connectivity index (χ3v) is 2.33. The Morgan fingerprint density at radius 3 is 2.62 bits per heavy atom. The monoisotopic (exact) mass is 222 g/mol. The van der Waals surface area contributed by atoms with Gasteiger partial charge in [-0.3, -0.25) is 4.79 Å². The molecule has 4 heteroatoms. The first-order valence-electron chi connectivity index (χ1n) is 5.26. The second kappa shape index (κ2) is 5.39. The van der Waals surface area contributed by atoms with Crippen LogP contribution < -0.4 is 10.5 Å². The van der Waals surface area contributed by atoms with E-state index in [1.807, 2.05) is 12.1 Å². The lowest BCUT2D eigenvalue weighted by Crippen LogP contribution is -2.27. The van der Waals surface area contributed by atoms with Gasteiger partial charge in [-0.15, -0.1) is 0 Å². The predicted molar refractivity (Wildman–Crippen MR) is 64.4 cm³/mol. The molecule has 4 nitrogen and oxygen atoms in total. The van der Waals surface area contributed by atoms with Crippen LogP contribution in [0.4, 0.5) is 5.69 Å². The van der Waals surface area contributed by atoms with E-state index in [0.717, 1.165) is 12.0 Å². The summed E-state index contributed by atoms with van der Waals surface area (Å²) < 4.78 is 5.34. The maximum Gasteiger partial charge on any atom is 0.259 e. The third kappa shape index (κ3) is 3.15. The number of benzene rings is 1. The minimum absolute atomic E-state index is 0.0165. The molecule has 0 spiro atoms. The van der Waals surface area contributed by atoms with Gasteiger partial charge in [0.2, 0.25) is 0 Å². The molecule has 0 fully saturated rings. The first-order chi connectivity index (χ1) is 7.54. The van der Waals surface area contributed by atoms with Gasteiger partial charge in [0.1, 0.15) is 5.75 Å². The molecule has 2 N–H and O–H groups in total. The number of hydrogen-bond donors (Lipinski definition) is 1. The maximum atomic E-state index is 11.3. The molecule has 0 aliphatic rings. The van der Waals surface area contributed by atoms with Crippen LogP contribution in [0.5, 0.6) is 5.75 Å². The summed E-state index contributed by atoms with van der Waals surface area (Å²) in [5.41, 5.74) is 7.54. The number of anilines is 1. The number of aryl methyl sites for hydroxylation is 1. The number of nitrogens with zero attached hydrogens (tertiary/aromatic N) is 1. The van der Waals surface area contributed by atoms with Crippen LogP contribution in [0, 0.1) is 0 Å². The van der Waals surface area contributed by atoms with Crippen molar-refractivity contribution in [3.63, 3.8) is 0 Å². The second-order valence-electron chi connectivity index (χ2n) is 3.80. The van der Waals surface area contributed by atoms with Crippen LogP contribution >= 0.6 is 0 Å². The molecule has 0 aliphatic heterocycles. The van der Waals surface area contributed by atoms with Gasteiger partial charge in [0.25, 0.3) is 5.91 Å². The molecule has 0 heterocycles. The molecule has 0 unspecified atom stereocenters. The lowest BCUT2D eigenvalue weighted by atomic mass is 10.1. The molecule has 0 bridgehead atoms. The van der Waals surface area contributed by atoms with Crippen LogP contribution in [0.15, 0.2) is 18.2 Å². The number of carbonyl (C=O) groups excluding carboxylic acids is 1. The second-order valence-corrected chi connectivity index (χ2v) is 3.80. The Morgan fingerprint density at radius 1 is 1.44 bits per heavy atom. The molecule has 1 amide bonds. The number of nitrogen functional groups attached to an aromatic ring is 1. The van der Waals surface area contributed by atoms with Gasteiger partial charge in [-0.25, -0.2) is 0 Å². The summed E-state index contributed by atoms with van der Waals surface area (Å²) in [6, 6.07) is 5.62. The highest BCUT2D eigenvalue weighted by Gasteiger charge is 2.07. The minimum atomic E-state index is -0.0843. The van der Waals surface area contributed by atoms with Gasteiger partial charge in [-0.1, -0.05) is 13.0 Å². The minimum Gasteiger partial charge on any atom is -0.482 e. The Labute approximate surface area is 96.0 Å². The topological polar surface area (TPSA) is 55.6 Å². The van der Waals surface area contributed by atoms with E-state index in [1.165, 1.54) is 4.90 Å².